The summed E-state index contributed by atoms with van der Waals surface area (Å²) in [5.41, 5.74) is 3.72. The Labute approximate surface area is 291 Å². The standard InChI is InChI=1S/C38H42FN3O7S/c39-38(18-21-48-22-19-38)25-49-36-17-15-29(24-35(36)42(44)45)50(46,47)40-37(43)28-14-16-31(26-7-2-1-3-8-26)34(23-28)41-20-6-11-33(41)32-10-5-4-9-30(32)27-12-13-27/h4-5,7,9-10,14-17,23-24,27,33H,1-3,6,8,11-13,18-22,25H2,(H,40,43). The van der Waals surface area contributed by atoms with Crippen molar-refractivity contribution in [2.75, 3.05) is 31.3 Å². The van der Waals surface area contributed by atoms with Crippen LogP contribution < -0.4 is 14.4 Å². The van der Waals surface area contributed by atoms with E-state index in [-0.39, 0.29) is 43.4 Å². The summed E-state index contributed by atoms with van der Waals surface area (Å²) in [6.07, 6.45) is 10.9. The van der Waals surface area contributed by atoms with E-state index in [4.69, 9.17) is 9.47 Å². The smallest absolute Gasteiger partial charge is 0.312 e. The average molecular weight is 704 g/mol. The maximum Gasteiger partial charge on any atom is 0.312 e. The molecule has 2 aliphatic carbocycles. The lowest BCUT2D eigenvalue weighted by Crippen LogP contribution is -2.37. The van der Waals surface area contributed by atoms with E-state index in [2.05, 4.69) is 40.0 Å². The minimum absolute atomic E-state index is 0.0890. The number of alkyl halides is 1. The maximum absolute atomic E-state index is 15.1. The lowest BCUT2D eigenvalue weighted by Gasteiger charge is -2.32. The van der Waals surface area contributed by atoms with Gasteiger partial charge >= 0.3 is 5.69 Å². The first-order valence-electron chi connectivity index (χ1n) is 17.6. The minimum Gasteiger partial charge on any atom is -0.483 e. The fourth-order valence-electron chi connectivity index (χ4n) is 7.48. The molecule has 0 spiro atoms. The van der Waals surface area contributed by atoms with Crippen molar-refractivity contribution >= 4 is 32.9 Å². The van der Waals surface area contributed by atoms with Gasteiger partial charge in [0.05, 0.1) is 15.9 Å². The van der Waals surface area contributed by atoms with Crippen LogP contribution in [0.5, 0.6) is 5.75 Å². The van der Waals surface area contributed by atoms with E-state index in [1.165, 1.54) is 29.5 Å². The Morgan fingerprint density at radius 2 is 1.80 bits per heavy atom. The number of amides is 1. The van der Waals surface area contributed by atoms with Crippen LogP contribution in [-0.2, 0) is 14.8 Å². The van der Waals surface area contributed by atoms with Gasteiger partial charge in [-0.05, 0) is 98.2 Å². The second kappa shape index (κ2) is 14.1. The van der Waals surface area contributed by atoms with Crippen molar-refractivity contribution < 1.29 is 32.0 Å². The fraction of sp³-hybridized carbons (Fsp3) is 0.447. The van der Waals surface area contributed by atoms with Crippen LogP contribution in [-0.4, -0.2) is 51.3 Å². The molecule has 7 rings (SSSR count). The molecule has 3 aromatic rings. The van der Waals surface area contributed by atoms with Gasteiger partial charge in [-0.1, -0.05) is 36.4 Å². The van der Waals surface area contributed by atoms with Crippen LogP contribution in [0.25, 0.3) is 5.57 Å². The molecule has 1 N–H and O–H groups in total. The summed E-state index contributed by atoms with van der Waals surface area (Å²) in [5.74, 6) is -0.517. The summed E-state index contributed by atoms with van der Waals surface area (Å²) in [4.78, 5) is 26.7. The molecule has 12 heteroatoms. The molecule has 2 heterocycles. The van der Waals surface area contributed by atoms with Crippen molar-refractivity contribution in [3.63, 3.8) is 0 Å². The van der Waals surface area contributed by atoms with Crippen molar-refractivity contribution in [1.82, 2.24) is 4.72 Å². The first-order valence-corrected chi connectivity index (χ1v) is 19.0. The quantitative estimate of drug-likeness (QED) is 0.158. The van der Waals surface area contributed by atoms with E-state index in [0.717, 1.165) is 74.5 Å². The third-order valence-corrected chi connectivity index (χ3v) is 11.7. The number of hydrogen-bond donors (Lipinski definition) is 1. The summed E-state index contributed by atoms with van der Waals surface area (Å²) in [6, 6.07) is 17.2. The molecule has 0 radical (unpaired) electrons. The normalized spacial score (nSPS) is 20.6. The topological polar surface area (TPSA) is 128 Å². The zero-order chi connectivity index (χ0) is 34.9. The highest BCUT2D eigenvalue weighted by Gasteiger charge is 2.36. The lowest BCUT2D eigenvalue weighted by molar-refractivity contribution is -0.386. The summed E-state index contributed by atoms with van der Waals surface area (Å²) < 4.78 is 54.8. The molecule has 3 fully saturated rings. The molecule has 50 heavy (non-hydrogen) atoms. The monoisotopic (exact) mass is 703 g/mol. The number of nitro groups is 1. The van der Waals surface area contributed by atoms with E-state index in [9.17, 15) is 23.3 Å². The Balaban J connectivity index is 1.16. The van der Waals surface area contributed by atoms with Crippen LogP contribution in [0.4, 0.5) is 15.8 Å². The number of nitrogens with zero attached hydrogens (tertiary/aromatic N) is 2. The number of carbonyl (C=O) groups is 1. The molecule has 264 valence electrons. The number of benzene rings is 3. The number of sulfonamides is 1. The Morgan fingerprint density at radius 1 is 1.02 bits per heavy atom. The van der Waals surface area contributed by atoms with Gasteiger partial charge in [0, 0.05) is 55.5 Å². The van der Waals surface area contributed by atoms with Crippen molar-refractivity contribution in [3.05, 3.63) is 99.1 Å². The van der Waals surface area contributed by atoms with Gasteiger partial charge in [0.25, 0.3) is 15.9 Å². The predicted molar refractivity (Wildman–Crippen MR) is 188 cm³/mol. The average Bonchev–Trinajstić information content (AvgIpc) is 3.86. The first kappa shape index (κ1) is 34.2. The lowest BCUT2D eigenvalue weighted by atomic mass is 9.90. The summed E-state index contributed by atoms with van der Waals surface area (Å²) >= 11 is 0. The predicted octanol–water partition coefficient (Wildman–Crippen LogP) is 7.79. The molecule has 2 saturated heterocycles. The third kappa shape index (κ3) is 7.27. The van der Waals surface area contributed by atoms with Crippen molar-refractivity contribution in [2.45, 2.75) is 86.7 Å². The largest absolute Gasteiger partial charge is 0.483 e. The van der Waals surface area contributed by atoms with Crippen molar-refractivity contribution in [3.8, 4) is 5.75 Å². The van der Waals surface area contributed by atoms with Crippen LogP contribution in [0.3, 0.4) is 0 Å². The Kier molecular flexibility index (Phi) is 9.67. The molecular weight excluding hydrogens is 661 g/mol. The molecule has 1 unspecified atom stereocenters. The first-order chi connectivity index (χ1) is 24.1. The number of halogens is 1. The molecular formula is C38H42FN3O7S. The van der Waals surface area contributed by atoms with Crippen LogP contribution in [0.2, 0.25) is 0 Å². The fourth-order valence-corrected chi connectivity index (χ4v) is 8.48. The molecule has 10 nitrogen and oxygen atoms in total. The SMILES string of the molecule is O=C(NS(=O)(=O)c1ccc(OCC2(F)CCOCC2)c([N+](=O)[O-])c1)c1ccc(C2=CCCCC2)c(N2CCCC2c2ccccc2C2CC2)c1. The third-order valence-electron chi connectivity index (χ3n) is 10.4. The van der Waals surface area contributed by atoms with Gasteiger partial charge in [-0.15, -0.1) is 0 Å². The number of anilines is 1. The van der Waals surface area contributed by atoms with Gasteiger partial charge in [-0.25, -0.2) is 17.5 Å². The van der Waals surface area contributed by atoms with Crippen LogP contribution in [0, 0.1) is 10.1 Å². The van der Waals surface area contributed by atoms with E-state index in [0.29, 0.717) is 5.92 Å². The molecule has 1 saturated carbocycles. The number of rotatable bonds is 11. The second-order valence-electron chi connectivity index (χ2n) is 13.8. The van der Waals surface area contributed by atoms with Gasteiger partial charge in [0.15, 0.2) is 5.75 Å². The summed E-state index contributed by atoms with van der Waals surface area (Å²) in [6.45, 7) is 0.809. The molecule has 1 atom stereocenters. The highest BCUT2D eigenvalue weighted by Crippen LogP contribution is 2.48. The van der Waals surface area contributed by atoms with Gasteiger partial charge in [-0.2, -0.15) is 0 Å². The summed E-state index contributed by atoms with van der Waals surface area (Å²) in [5, 5.41) is 11.9. The molecule has 0 bridgehead atoms. The van der Waals surface area contributed by atoms with Gasteiger partial charge in [0.1, 0.15) is 12.3 Å². The van der Waals surface area contributed by atoms with Crippen molar-refractivity contribution in [2.24, 2.45) is 0 Å². The zero-order valence-electron chi connectivity index (χ0n) is 27.9. The van der Waals surface area contributed by atoms with E-state index < -0.39 is 43.7 Å². The number of allylic oxidation sites excluding steroid dienone is 2. The molecule has 4 aliphatic rings. The highest BCUT2D eigenvalue weighted by atomic mass is 32.2. The van der Waals surface area contributed by atoms with E-state index in [1.807, 2.05) is 6.07 Å². The van der Waals surface area contributed by atoms with Gasteiger partial charge < -0.3 is 14.4 Å². The highest BCUT2D eigenvalue weighted by molar-refractivity contribution is 7.90. The minimum atomic E-state index is -4.53. The molecule has 0 aromatic heterocycles. The number of ether oxygens (including phenoxy) is 2. The van der Waals surface area contributed by atoms with Crippen LogP contribution in [0.15, 0.2) is 71.6 Å². The van der Waals surface area contributed by atoms with Crippen LogP contribution in [0.1, 0.15) is 103 Å². The zero-order valence-corrected chi connectivity index (χ0v) is 28.8. The molecule has 2 aliphatic heterocycles. The van der Waals surface area contributed by atoms with E-state index in [1.54, 1.807) is 12.1 Å². The number of nitrogens with one attached hydrogen (secondary N) is 1. The summed E-state index contributed by atoms with van der Waals surface area (Å²) in [7, 11) is -4.53. The van der Waals surface area contributed by atoms with Crippen LogP contribution >= 0.6 is 0 Å². The molecule has 1 amide bonds. The number of nitro benzene ring substituents is 1. The Hall–Kier alpha value is -4.29. The number of hydrogen-bond acceptors (Lipinski definition) is 8. The Morgan fingerprint density at radius 3 is 2.52 bits per heavy atom. The number of carbonyl (C=O) groups excluding carboxylic acids is 1. The van der Waals surface area contributed by atoms with Gasteiger partial charge in [-0.3, -0.25) is 14.9 Å². The maximum atomic E-state index is 15.1. The van der Waals surface area contributed by atoms with Gasteiger partial charge in [0.2, 0.25) is 0 Å². The van der Waals surface area contributed by atoms with Crippen molar-refractivity contribution in [1.29, 1.82) is 0 Å². The Bertz CT molecular complexity index is 1920. The second-order valence-corrected chi connectivity index (χ2v) is 15.5. The molecule has 3 aromatic carbocycles. The van der Waals surface area contributed by atoms with E-state index >= 15 is 4.39 Å².